The smallest absolute Gasteiger partial charge is 0.257 e. The summed E-state index contributed by atoms with van der Waals surface area (Å²) in [6.07, 6.45) is 1.08. The van der Waals surface area contributed by atoms with Crippen molar-refractivity contribution in [1.29, 1.82) is 0 Å². The second-order valence-corrected chi connectivity index (χ2v) is 5.78. The third kappa shape index (κ3) is 4.56. The number of hydrogen-bond acceptors (Lipinski definition) is 5. The van der Waals surface area contributed by atoms with Gasteiger partial charge in [0.15, 0.2) is 5.13 Å². The summed E-state index contributed by atoms with van der Waals surface area (Å²) in [6.45, 7) is 8.59. The minimum atomic E-state index is -0.849. The molecule has 0 spiro atoms. The minimum absolute atomic E-state index is 0.190. The van der Waals surface area contributed by atoms with E-state index in [0.717, 1.165) is 18.7 Å². The summed E-state index contributed by atoms with van der Waals surface area (Å²) < 4.78 is 5.13. The first-order chi connectivity index (χ1) is 8.90. The van der Waals surface area contributed by atoms with E-state index < -0.39 is 5.60 Å². The lowest BCUT2D eigenvalue weighted by Gasteiger charge is -2.20. The van der Waals surface area contributed by atoms with Gasteiger partial charge in [-0.3, -0.25) is 10.1 Å². The number of anilines is 1. The van der Waals surface area contributed by atoms with Gasteiger partial charge in [0.1, 0.15) is 5.60 Å². The Morgan fingerprint density at radius 2 is 2.26 bits per heavy atom. The van der Waals surface area contributed by atoms with Crippen LogP contribution in [-0.4, -0.2) is 30.1 Å². The van der Waals surface area contributed by atoms with Crippen LogP contribution >= 0.6 is 11.3 Å². The molecule has 0 aliphatic heterocycles. The van der Waals surface area contributed by atoms with E-state index >= 15 is 0 Å². The number of carbonyl (C=O) groups is 1. The van der Waals surface area contributed by atoms with Crippen LogP contribution in [0.4, 0.5) is 5.13 Å². The molecule has 0 fully saturated rings. The molecule has 1 aromatic rings. The number of hydrogen-bond donors (Lipinski definition) is 2. The lowest BCUT2D eigenvalue weighted by atomic mass is 10.1. The predicted octanol–water partition coefficient (Wildman–Crippen LogP) is 2.57. The Hall–Kier alpha value is -0.980. The van der Waals surface area contributed by atoms with Gasteiger partial charge in [-0.25, -0.2) is 4.98 Å². The van der Waals surface area contributed by atoms with Gasteiger partial charge in [-0.1, -0.05) is 6.92 Å². The summed E-state index contributed by atoms with van der Waals surface area (Å²) in [5.74, 6) is -0.190. The second-order valence-electron chi connectivity index (χ2n) is 4.92. The summed E-state index contributed by atoms with van der Waals surface area (Å²) in [5, 5.41) is 8.71. The molecule has 1 atom stereocenters. The van der Waals surface area contributed by atoms with Gasteiger partial charge in [-0.05, 0) is 33.7 Å². The zero-order valence-electron chi connectivity index (χ0n) is 12.2. The van der Waals surface area contributed by atoms with Gasteiger partial charge >= 0.3 is 0 Å². The number of nitrogens with zero attached hydrogens (tertiary/aromatic N) is 1. The van der Waals surface area contributed by atoms with Gasteiger partial charge in [0.05, 0.1) is 5.69 Å². The summed E-state index contributed by atoms with van der Waals surface area (Å²) in [4.78, 5) is 16.4. The molecule has 108 valence electrons. The summed E-state index contributed by atoms with van der Waals surface area (Å²) in [5.41, 5.74) is 0.0988. The fraction of sp³-hybridized carbons (Fsp3) is 0.692. The number of nitrogens with one attached hydrogen (secondary N) is 2. The molecule has 19 heavy (non-hydrogen) atoms. The van der Waals surface area contributed by atoms with E-state index in [9.17, 15) is 4.79 Å². The molecule has 0 aromatic carbocycles. The number of amides is 1. The number of aromatic nitrogens is 1. The lowest BCUT2D eigenvalue weighted by molar-refractivity contribution is -0.133. The van der Waals surface area contributed by atoms with Crippen molar-refractivity contribution >= 4 is 22.4 Å². The SMILES string of the molecule is CCCNC(C)c1csc(NC(=O)C(C)(C)OC)n1. The van der Waals surface area contributed by atoms with Crippen molar-refractivity contribution in [3.63, 3.8) is 0 Å². The number of thiazole rings is 1. The Labute approximate surface area is 118 Å². The van der Waals surface area contributed by atoms with E-state index in [1.165, 1.54) is 18.4 Å². The molecule has 1 unspecified atom stereocenters. The number of rotatable bonds is 7. The highest BCUT2D eigenvalue weighted by molar-refractivity contribution is 7.13. The van der Waals surface area contributed by atoms with E-state index in [-0.39, 0.29) is 11.9 Å². The molecule has 0 bridgehead atoms. The summed E-state index contributed by atoms with van der Waals surface area (Å²) in [7, 11) is 1.52. The van der Waals surface area contributed by atoms with E-state index in [4.69, 9.17) is 4.74 Å². The normalized spacial score (nSPS) is 13.3. The van der Waals surface area contributed by atoms with Crippen molar-refractivity contribution in [1.82, 2.24) is 10.3 Å². The van der Waals surface area contributed by atoms with Crippen molar-refractivity contribution in [2.45, 2.75) is 45.8 Å². The third-order valence-electron chi connectivity index (χ3n) is 2.94. The Balaban J connectivity index is 2.62. The first-order valence-corrected chi connectivity index (χ1v) is 7.34. The van der Waals surface area contributed by atoms with Crippen molar-refractivity contribution in [3.8, 4) is 0 Å². The van der Waals surface area contributed by atoms with Crippen LogP contribution in [0.2, 0.25) is 0 Å². The number of methoxy groups -OCH3 is 1. The maximum atomic E-state index is 11.9. The van der Waals surface area contributed by atoms with Crippen LogP contribution in [0, 0.1) is 0 Å². The molecular weight excluding hydrogens is 262 g/mol. The lowest BCUT2D eigenvalue weighted by Crippen LogP contribution is -2.38. The fourth-order valence-electron chi connectivity index (χ4n) is 1.35. The molecule has 0 saturated heterocycles. The van der Waals surface area contributed by atoms with E-state index in [2.05, 4.69) is 29.5 Å². The van der Waals surface area contributed by atoms with E-state index in [1.54, 1.807) is 13.8 Å². The highest BCUT2D eigenvalue weighted by Gasteiger charge is 2.27. The first-order valence-electron chi connectivity index (χ1n) is 6.46. The van der Waals surface area contributed by atoms with Crippen LogP contribution in [0.1, 0.15) is 45.9 Å². The maximum absolute atomic E-state index is 11.9. The zero-order valence-corrected chi connectivity index (χ0v) is 13.1. The zero-order chi connectivity index (χ0) is 14.5. The predicted molar refractivity (Wildman–Crippen MR) is 78.5 cm³/mol. The average Bonchev–Trinajstić information content (AvgIpc) is 2.84. The highest BCUT2D eigenvalue weighted by atomic mass is 32.1. The molecule has 0 aliphatic rings. The molecule has 0 aliphatic carbocycles. The van der Waals surface area contributed by atoms with Crippen molar-refractivity contribution < 1.29 is 9.53 Å². The molecule has 2 N–H and O–H groups in total. The summed E-state index contributed by atoms with van der Waals surface area (Å²) in [6, 6.07) is 0.192. The monoisotopic (exact) mass is 285 g/mol. The molecule has 0 saturated carbocycles. The number of carbonyl (C=O) groups excluding carboxylic acids is 1. The minimum Gasteiger partial charge on any atom is -0.369 e. The van der Waals surface area contributed by atoms with Crippen LogP contribution in [0.15, 0.2) is 5.38 Å². The van der Waals surface area contributed by atoms with Gasteiger partial charge in [-0.2, -0.15) is 0 Å². The van der Waals surface area contributed by atoms with Crippen LogP contribution < -0.4 is 10.6 Å². The van der Waals surface area contributed by atoms with E-state index in [0.29, 0.717) is 5.13 Å². The Kier molecular flexibility index (Phi) is 5.90. The average molecular weight is 285 g/mol. The fourth-order valence-corrected chi connectivity index (χ4v) is 2.15. The third-order valence-corrected chi connectivity index (χ3v) is 3.72. The standard InChI is InChI=1S/C13H23N3O2S/c1-6-7-14-9(2)10-8-19-12(15-10)16-11(17)13(3,4)18-5/h8-9,14H,6-7H2,1-5H3,(H,15,16,17). The Morgan fingerprint density at radius 1 is 1.58 bits per heavy atom. The topological polar surface area (TPSA) is 63.2 Å². The highest BCUT2D eigenvalue weighted by Crippen LogP contribution is 2.22. The molecule has 1 rings (SSSR count). The van der Waals surface area contributed by atoms with Gasteiger partial charge in [-0.15, -0.1) is 11.3 Å². The van der Waals surface area contributed by atoms with Gasteiger partial charge in [0, 0.05) is 18.5 Å². The molecule has 6 heteroatoms. The number of ether oxygens (including phenoxy) is 1. The van der Waals surface area contributed by atoms with Crippen molar-refractivity contribution in [3.05, 3.63) is 11.1 Å². The molecule has 1 amide bonds. The molecule has 1 heterocycles. The van der Waals surface area contributed by atoms with Crippen LogP contribution in [0.5, 0.6) is 0 Å². The van der Waals surface area contributed by atoms with Crippen LogP contribution in [0.3, 0.4) is 0 Å². The maximum Gasteiger partial charge on any atom is 0.257 e. The first kappa shape index (κ1) is 16.1. The van der Waals surface area contributed by atoms with E-state index in [1.807, 2.05) is 5.38 Å². The molecule has 0 radical (unpaired) electrons. The van der Waals surface area contributed by atoms with Gasteiger partial charge in [0.25, 0.3) is 5.91 Å². The van der Waals surface area contributed by atoms with Gasteiger partial charge < -0.3 is 10.1 Å². The Morgan fingerprint density at radius 3 is 2.84 bits per heavy atom. The quantitative estimate of drug-likeness (QED) is 0.808. The molecular formula is C13H23N3O2S. The molecule has 1 aromatic heterocycles. The van der Waals surface area contributed by atoms with Crippen LogP contribution in [0.25, 0.3) is 0 Å². The van der Waals surface area contributed by atoms with Crippen molar-refractivity contribution in [2.75, 3.05) is 19.0 Å². The summed E-state index contributed by atoms with van der Waals surface area (Å²) >= 11 is 1.43. The largest absolute Gasteiger partial charge is 0.369 e. The molecule has 5 nitrogen and oxygen atoms in total. The Bertz CT molecular complexity index is 418. The van der Waals surface area contributed by atoms with Gasteiger partial charge in [0.2, 0.25) is 0 Å². The van der Waals surface area contributed by atoms with Crippen molar-refractivity contribution in [2.24, 2.45) is 0 Å². The van der Waals surface area contributed by atoms with Crippen LogP contribution in [-0.2, 0) is 9.53 Å². The second kappa shape index (κ2) is 6.98.